The van der Waals surface area contributed by atoms with Crippen LogP contribution < -0.4 is 0 Å². The molecular weight excluding hydrogens is 224 g/mol. The first kappa shape index (κ1) is 12.3. The van der Waals surface area contributed by atoms with Gasteiger partial charge in [-0.25, -0.2) is 0 Å². The maximum Gasteiger partial charge on any atom is 0.0180 e. The zero-order valence-electron chi connectivity index (χ0n) is 10.9. The van der Waals surface area contributed by atoms with Gasteiger partial charge in [-0.3, -0.25) is 0 Å². The molecule has 2 aromatic rings. The molecule has 0 saturated carbocycles. The summed E-state index contributed by atoms with van der Waals surface area (Å²) in [6.07, 6.45) is 0. The Kier molecular flexibility index (Phi) is 3.58. The number of rotatable bonds is 2. The van der Waals surface area contributed by atoms with Crippen LogP contribution in [-0.2, 0) is 0 Å². The van der Waals surface area contributed by atoms with Gasteiger partial charge in [-0.2, -0.15) is 0 Å². The van der Waals surface area contributed by atoms with E-state index in [0.29, 0.717) is 0 Å². The number of aryl methyl sites for hydroxylation is 4. The average molecular weight is 242 g/mol. The largest absolute Gasteiger partial charge is 0.0893 e. The highest BCUT2D eigenvalue weighted by molar-refractivity contribution is 7.99. The molecule has 0 aliphatic carbocycles. The van der Waals surface area contributed by atoms with Crippen LogP contribution in [0.25, 0.3) is 0 Å². The fourth-order valence-electron chi connectivity index (χ4n) is 1.89. The SMILES string of the molecule is Cc1ccc(C)c(Sc2c(C)cccc2C)c1. The Bertz CT molecular complexity index is 521. The normalized spacial score (nSPS) is 10.6. The minimum absolute atomic E-state index is 1.32. The van der Waals surface area contributed by atoms with Crippen molar-refractivity contribution in [1.29, 1.82) is 0 Å². The topological polar surface area (TPSA) is 0 Å². The lowest BCUT2D eigenvalue weighted by Crippen LogP contribution is -1.87. The Labute approximate surface area is 108 Å². The lowest BCUT2D eigenvalue weighted by Gasteiger charge is -2.11. The van der Waals surface area contributed by atoms with E-state index in [4.69, 9.17) is 0 Å². The summed E-state index contributed by atoms with van der Waals surface area (Å²) in [7, 11) is 0. The molecule has 0 nitrogen and oxygen atoms in total. The van der Waals surface area contributed by atoms with Gasteiger partial charge in [-0.1, -0.05) is 42.1 Å². The molecule has 0 heterocycles. The third-order valence-corrected chi connectivity index (χ3v) is 4.47. The van der Waals surface area contributed by atoms with E-state index in [1.807, 2.05) is 11.8 Å². The van der Waals surface area contributed by atoms with E-state index in [1.165, 1.54) is 32.0 Å². The molecular formula is C16H18S. The quantitative estimate of drug-likeness (QED) is 0.708. The molecule has 0 aliphatic rings. The summed E-state index contributed by atoms with van der Waals surface area (Å²) in [5, 5.41) is 0. The summed E-state index contributed by atoms with van der Waals surface area (Å²) < 4.78 is 0. The van der Waals surface area contributed by atoms with Crippen molar-refractivity contribution >= 4 is 11.8 Å². The minimum Gasteiger partial charge on any atom is -0.0893 e. The van der Waals surface area contributed by atoms with Crippen LogP contribution in [0.2, 0.25) is 0 Å². The molecule has 1 heteroatoms. The van der Waals surface area contributed by atoms with E-state index in [2.05, 4.69) is 64.1 Å². The Morgan fingerprint density at radius 1 is 0.765 bits per heavy atom. The molecule has 0 fully saturated rings. The van der Waals surface area contributed by atoms with Crippen molar-refractivity contribution in [3.63, 3.8) is 0 Å². The second-order valence-corrected chi connectivity index (χ2v) is 5.64. The predicted molar refractivity (Wildman–Crippen MR) is 76.0 cm³/mol. The van der Waals surface area contributed by atoms with Gasteiger partial charge in [0.15, 0.2) is 0 Å². The second kappa shape index (κ2) is 4.97. The Morgan fingerprint density at radius 2 is 1.41 bits per heavy atom. The van der Waals surface area contributed by atoms with Gasteiger partial charge in [0.2, 0.25) is 0 Å². The Hall–Kier alpha value is -1.21. The number of hydrogen-bond donors (Lipinski definition) is 0. The zero-order valence-corrected chi connectivity index (χ0v) is 11.7. The van der Waals surface area contributed by atoms with E-state index in [-0.39, 0.29) is 0 Å². The van der Waals surface area contributed by atoms with Crippen molar-refractivity contribution in [2.24, 2.45) is 0 Å². The molecule has 17 heavy (non-hydrogen) atoms. The summed E-state index contributed by atoms with van der Waals surface area (Å²) in [5.74, 6) is 0. The molecule has 0 bridgehead atoms. The summed E-state index contributed by atoms with van der Waals surface area (Å²) in [6, 6.07) is 13.1. The fourth-order valence-corrected chi connectivity index (χ4v) is 3.04. The first-order chi connectivity index (χ1) is 8.08. The maximum atomic E-state index is 2.27. The zero-order chi connectivity index (χ0) is 12.4. The van der Waals surface area contributed by atoms with E-state index >= 15 is 0 Å². The monoisotopic (exact) mass is 242 g/mol. The van der Waals surface area contributed by atoms with E-state index < -0.39 is 0 Å². The number of hydrogen-bond acceptors (Lipinski definition) is 1. The van der Waals surface area contributed by atoms with Crippen LogP contribution >= 0.6 is 11.8 Å². The third-order valence-electron chi connectivity index (χ3n) is 2.96. The molecule has 2 rings (SSSR count). The molecule has 2 aromatic carbocycles. The first-order valence-corrected chi connectivity index (χ1v) is 6.71. The van der Waals surface area contributed by atoms with Crippen molar-refractivity contribution in [1.82, 2.24) is 0 Å². The van der Waals surface area contributed by atoms with Crippen molar-refractivity contribution < 1.29 is 0 Å². The molecule has 0 atom stereocenters. The first-order valence-electron chi connectivity index (χ1n) is 5.89. The van der Waals surface area contributed by atoms with Crippen LogP contribution in [0.4, 0.5) is 0 Å². The van der Waals surface area contributed by atoms with Gasteiger partial charge in [0.1, 0.15) is 0 Å². The lowest BCUT2D eigenvalue weighted by atomic mass is 10.2. The maximum absolute atomic E-state index is 2.27. The molecule has 0 unspecified atom stereocenters. The van der Waals surface area contributed by atoms with Crippen molar-refractivity contribution in [2.45, 2.75) is 37.5 Å². The van der Waals surface area contributed by atoms with Crippen LogP contribution in [-0.4, -0.2) is 0 Å². The third kappa shape index (κ3) is 2.73. The average Bonchev–Trinajstić information content (AvgIpc) is 2.28. The van der Waals surface area contributed by atoms with E-state index in [0.717, 1.165) is 0 Å². The van der Waals surface area contributed by atoms with Crippen LogP contribution in [0.3, 0.4) is 0 Å². The molecule has 88 valence electrons. The highest BCUT2D eigenvalue weighted by Gasteiger charge is 2.06. The molecule has 0 aliphatic heterocycles. The molecule has 0 radical (unpaired) electrons. The fraction of sp³-hybridized carbons (Fsp3) is 0.250. The number of benzene rings is 2. The van der Waals surface area contributed by atoms with Gasteiger partial charge in [0.05, 0.1) is 0 Å². The van der Waals surface area contributed by atoms with Gasteiger partial charge in [-0.05, 0) is 56.0 Å². The highest BCUT2D eigenvalue weighted by atomic mass is 32.2. The van der Waals surface area contributed by atoms with Crippen LogP contribution in [0.15, 0.2) is 46.2 Å². The molecule has 0 saturated heterocycles. The summed E-state index contributed by atoms with van der Waals surface area (Å²) in [4.78, 5) is 2.75. The van der Waals surface area contributed by atoms with Gasteiger partial charge < -0.3 is 0 Å². The minimum atomic E-state index is 1.32. The van der Waals surface area contributed by atoms with Gasteiger partial charge in [-0.15, -0.1) is 0 Å². The predicted octanol–water partition coefficient (Wildman–Crippen LogP) is 5.07. The van der Waals surface area contributed by atoms with Gasteiger partial charge in [0.25, 0.3) is 0 Å². The standard InChI is InChI=1S/C16H18S/c1-11-8-9-12(2)15(10-11)17-16-13(3)6-5-7-14(16)4/h5-10H,1-4H3. The molecule has 0 aromatic heterocycles. The van der Waals surface area contributed by atoms with Crippen molar-refractivity contribution in [2.75, 3.05) is 0 Å². The van der Waals surface area contributed by atoms with E-state index in [9.17, 15) is 0 Å². The molecule has 0 amide bonds. The lowest BCUT2D eigenvalue weighted by molar-refractivity contribution is 1.20. The molecule has 0 spiro atoms. The van der Waals surface area contributed by atoms with Gasteiger partial charge in [0, 0.05) is 9.79 Å². The highest BCUT2D eigenvalue weighted by Crippen LogP contribution is 2.35. The smallest absolute Gasteiger partial charge is 0.0180 e. The summed E-state index contributed by atoms with van der Waals surface area (Å²) in [5.41, 5.74) is 5.39. The van der Waals surface area contributed by atoms with Crippen molar-refractivity contribution in [3.05, 3.63) is 58.7 Å². The van der Waals surface area contributed by atoms with Crippen molar-refractivity contribution in [3.8, 4) is 0 Å². The second-order valence-electron chi connectivity index (χ2n) is 4.59. The van der Waals surface area contributed by atoms with Crippen LogP contribution in [0.5, 0.6) is 0 Å². The summed E-state index contributed by atoms with van der Waals surface area (Å²) in [6.45, 7) is 8.69. The van der Waals surface area contributed by atoms with Crippen LogP contribution in [0.1, 0.15) is 22.3 Å². The van der Waals surface area contributed by atoms with E-state index in [1.54, 1.807) is 0 Å². The molecule has 0 N–H and O–H groups in total. The Morgan fingerprint density at radius 3 is 2.06 bits per heavy atom. The van der Waals surface area contributed by atoms with Gasteiger partial charge >= 0.3 is 0 Å². The Balaban J connectivity index is 2.41. The van der Waals surface area contributed by atoms with Crippen LogP contribution in [0, 0.1) is 27.7 Å². The summed E-state index contributed by atoms with van der Waals surface area (Å²) >= 11 is 1.88.